The van der Waals surface area contributed by atoms with Crippen LogP contribution in [0, 0.1) is 0 Å². The second-order valence-electron chi connectivity index (χ2n) is 11.9. The monoisotopic (exact) mass is 448 g/mol. The zero-order chi connectivity index (χ0) is 23.0. The Morgan fingerprint density at radius 3 is 1.80 bits per heavy atom. The van der Waals surface area contributed by atoms with Crippen molar-refractivity contribution in [2.45, 2.75) is 103 Å². The lowest BCUT2D eigenvalue weighted by Gasteiger charge is -2.36. The zero-order valence-electron chi connectivity index (χ0n) is 21.1. The molecule has 1 aromatic rings. The molecule has 5 heteroatoms. The average Bonchev–Trinajstić information content (AvgIpc) is 2.94. The van der Waals surface area contributed by atoms with Gasteiger partial charge in [-0.05, 0) is 78.3 Å². The van der Waals surface area contributed by atoms with Crippen LogP contribution in [0.3, 0.4) is 0 Å². The second kappa shape index (κ2) is 9.01. The van der Waals surface area contributed by atoms with Crippen molar-refractivity contribution >= 4 is 22.4 Å². The van der Waals surface area contributed by atoms with E-state index in [0.29, 0.717) is 12.2 Å². The Bertz CT molecular complexity index is 768. The standard InChI is InChI=1S/C25H44O3Si2/c1-24(2,3)29(7,8)27-15-13-19-17-20(21-11-12-23(26)22(21)18-19)14-16-28-30(9,10)25(4,5)6/h17-18H,11-16H2,1-10H3. The van der Waals surface area contributed by atoms with Crippen LogP contribution in [-0.4, -0.2) is 35.6 Å². The van der Waals surface area contributed by atoms with Gasteiger partial charge >= 0.3 is 0 Å². The molecule has 0 heterocycles. The first-order valence-electron chi connectivity index (χ1n) is 11.5. The summed E-state index contributed by atoms with van der Waals surface area (Å²) < 4.78 is 12.8. The van der Waals surface area contributed by atoms with Crippen LogP contribution in [0.1, 0.15) is 75.0 Å². The second-order valence-corrected chi connectivity index (χ2v) is 21.5. The van der Waals surface area contributed by atoms with Crippen molar-refractivity contribution in [1.82, 2.24) is 0 Å². The Hall–Kier alpha value is -0.756. The van der Waals surface area contributed by atoms with E-state index in [1.807, 2.05) is 0 Å². The van der Waals surface area contributed by atoms with Gasteiger partial charge in [-0.15, -0.1) is 0 Å². The molecule has 30 heavy (non-hydrogen) atoms. The van der Waals surface area contributed by atoms with E-state index in [0.717, 1.165) is 38.0 Å². The van der Waals surface area contributed by atoms with Gasteiger partial charge in [0.1, 0.15) is 0 Å². The average molecular weight is 449 g/mol. The molecule has 0 amide bonds. The molecule has 0 bridgehead atoms. The van der Waals surface area contributed by atoms with Gasteiger partial charge in [0.25, 0.3) is 0 Å². The van der Waals surface area contributed by atoms with Gasteiger partial charge in [0.2, 0.25) is 0 Å². The molecule has 0 fully saturated rings. The molecular weight excluding hydrogens is 404 g/mol. The normalized spacial score (nSPS) is 15.6. The molecule has 0 unspecified atom stereocenters. The van der Waals surface area contributed by atoms with Crippen molar-refractivity contribution in [3.63, 3.8) is 0 Å². The highest BCUT2D eigenvalue weighted by Crippen LogP contribution is 2.38. The molecule has 0 radical (unpaired) electrons. The van der Waals surface area contributed by atoms with Crippen LogP contribution in [0.15, 0.2) is 12.1 Å². The van der Waals surface area contributed by atoms with Crippen LogP contribution in [0.4, 0.5) is 0 Å². The molecule has 0 spiro atoms. The van der Waals surface area contributed by atoms with Gasteiger partial charge in [0.15, 0.2) is 22.4 Å². The molecule has 0 aromatic heterocycles. The summed E-state index contributed by atoms with van der Waals surface area (Å²) in [5.41, 5.74) is 4.74. The van der Waals surface area contributed by atoms with E-state index in [1.165, 1.54) is 16.7 Å². The fourth-order valence-electron chi connectivity index (χ4n) is 3.36. The number of ketones is 1. The van der Waals surface area contributed by atoms with Crippen LogP contribution >= 0.6 is 0 Å². The first kappa shape index (κ1) is 25.5. The van der Waals surface area contributed by atoms with Crippen LogP contribution < -0.4 is 0 Å². The number of carbonyl (C=O) groups is 1. The molecule has 0 N–H and O–H groups in total. The maximum atomic E-state index is 12.5. The largest absolute Gasteiger partial charge is 0.416 e. The SMILES string of the molecule is CC(C)(C)[Si](C)(C)OCCc1cc(CCO[Si](C)(C)C(C)(C)C)c2c(c1)C(=O)CC2. The number of fused-ring (bicyclic) bond motifs is 1. The maximum Gasteiger partial charge on any atom is 0.191 e. The van der Waals surface area contributed by atoms with E-state index < -0.39 is 16.6 Å². The third-order valence-electron chi connectivity index (χ3n) is 7.60. The topological polar surface area (TPSA) is 35.5 Å². The van der Waals surface area contributed by atoms with Crippen LogP contribution in [0.2, 0.25) is 36.3 Å². The van der Waals surface area contributed by atoms with E-state index >= 15 is 0 Å². The third-order valence-corrected chi connectivity index (χ3v) is 16.7. The third kappa shape index (κ3) is 5.93. The minimum Gasteiger partial charge on any atom is -0.416 e. The lowest BCUT2D eigenvalue weighted by Crippen LogP contribution is -2.41. The number of benzene rings is 1. The predicted octanol–water partition coefficient (Wildman–Crippen LogP) is 6.94. The molecule has 0 saturated carbocycles. The number of rotatable bonds is 8. The van der Waals surface area contributed by atoms with E-state index in [4.69, 9.17) is 8.85 Å². The Morgan fingerprint density at radius 1 is 0.800 bits per heavy atom. The number of Topliss-reactive ketones (excluding diaryl/α,β-unsaturated/α-hetero) is 1. The molecule has 0 aliphatic heterocycles. The first-order chi connectivity index (χ1) is 13.6. The summed E-state index contributed by atoms with van der Waals surface area (Å²) in [6.45, 7) is 24.3. The quantitative estimate of drug-likeness (QED) is 0.404. The Labute approximate surface area is 187 Å². The Kier molecular flexibility index (Phi) is 7.66. The summed E-state index contributed by atoms with van der Waals surface area (Å²) in [5, 5.41) is 0.432. The molecule has 2 rings (SSSR count). The molecular formula is C25H44O3Si2. The maximum absolute atomic E-state index is 12.5. The van der Waals surface area contributed by atoms with Crippen molar-refractivity contribution in [2.75, 3.05) is 13.2 Å². The summed E-state index contributed by atoms with van der Waals surface area (Å²) in [4.78, 5) is 12.5. The van der Waals surface area contributed by atoms with E-state index in [9.17, 15) is 4.79 Å². The minimum absolute atomic E-state index is 0.215. The van der Waals surface area contributed by atoms with E-state index in [2.05, 4.69) is 79.9 Å². The van der Waals surface area contributed by atoms with Crippen molar-refractivity contribution < 1.29 is 13.6 Å². The lowest BCUT2D eigenvalue weighted by molar-refractivity contribution is 0.0994. The predicted molar refractivity (Wildman–Crippen MR) is 133 cm³/mol. The van der Waals surface area contributed by atoms with Crippen molar-refractivity contribution in [1.29, 1.82) is 0 Å². The van der Waals surface area contributed by atoms with E-state index in [-0.39, 0.29) is 10.1 Å². The number of hydrogen-bond acceptors (Lipinski definition) is 3. The van der Waals surface area contributed by atoms with Gasteiger partial charge in [-0.1, -0.05) is 47.6 Å². The van der Waals surface area contributed by atoms with Crippen molar-refractivity contribution in [3.8, 4) is 0 Å². The van der Waals surface area contributed by atoms with Gasteiger partial charge in [-0.3, -0.25) is 4.79 Å². The smallest absolute Gasteiger partial charge is 0.191 e. The molecule has 0 saturated heterocycles. The lowest BCUT2D eigenvalue weighted by atomic mass is 9.96. The number of hydrogen-bond donors (Lipinski definition) is 0. The Balaban J connectivity index is 2.11. The summed E-state index contributed by atoms with van der Waals surface area (Å²) in [7, 11) is -3.50. The summed E-state index contributed by atoms with van der Waals surface area (Å²) >= 11 is 0. The molecule has 170 valence electrons. The highest BCUT2D eigenvalue weighted by Gasteiger charge is 2.38. The fourth-order valence-corrected chi connectivity index (χ4v) is 5.45. The molecule has 1 aliphatic carbocycles. The van der Waals surface area contributed by atoms with E-state index in [1.54, 1.807) is 0 Å². The number of carbonyl (C=O) groups excluding carboxylic acids is 1. The van der Waals surface area contributed by atoms with Gasteiger partial charge in [0, 0.05) is 25.2 Å². The fraction of sp³-hybridized carbons (Fsp3) is 0.720. The van der Waals surface area contributed by atoms with Gasteiger partial charge in [-0.2, -0.15) is 0 Å². The Morgan fingerprint density at radius 2 is 1.30 bits per heavy atom. The zero-order valence-corrected chi connectivity index (χ0v) is 23.1. The van der Waals surface area contributed by atoms with Crippen LogP contribution in [0.25, 0.3) is 0 Å². The summed E-state index contributed by atoms with van der Waals surface area (Å²) in [5.74, 6) is 0.295. The first-order valence-corrected chi connectivity index (χ1v) is 17.3. The highest BCUT2D eigenvalue weighted by molar-refractivity contribution is 6.74. The summed E-state index contributed by atoms with van der Waals surface area (Å²) in [6.07, 6.45) is 3.28. The molecule has 0 atom stereocenters. The molecule has 1 aromatic carbocycles. The van der Waals surface area contributed by atoms with Gasteiger partial charge < -0.3 is 8.85 Å². The van der Waals surface area contributed by atoms with Crippen molar-refractivity contribution in [3.05, 3.63) is 34.4 Å². The molecule has 1 aliphatic rings. The highest BCUT2D eigenvalue weighted by atomic mass is 28.4. The molecule has 3 nitrogen and oxygen atoms in total. The summed E-state index contributed by atoms with van der Waals surface area (Å²) in [6, 6.07) is 4.43. The van der Waals surface area contributed by atoms with Gasteiger partial charge in [-0.25, -0.2) is 0 Å². The minimum atomic E-state index is -1.75. The van der Waals surface area contributed by atoms with Crippen molar-refractivity contribution in [2.24, 2.45) is 0 Å². The van der Waals surface area contributed by atoms with Crippen LogP contribution in [-0.2, 0) is 28.1 Å². The van der Waals surface area contributed by atoms with Crippen LogP contribution in [0.5, 0.6) is 0 Å². The van der Waals surface area contributed by atoms with Gasteiger partial charge in [0.05, 0.1) is 0 Å².